The number of aromatic nitrogens is 2. The van der Waals surface area contributed by atoms with Crippen molar-refractivity contribution < 1.29 is 4.79 Å². The largest absolute Gasteiger partial charge is 0.352 e. The van der Waals surface area contributed by atoms with Crippen molar-refractivity contribution in [3.63, 3.8) is 0 Å². The third-order valence-corrected chi connectivity index (χ3v) is 6.85. The summed E-state index contributed by atoms with van der Waals surface area (Å²) in [6.45, 7) is 9.30. The van der Waals surface area contributed by atoms with E-state index in [-0.39, 0.29) is 19.0 Å². The summed E-state index contributed by atoms with van der Waals surface area (Å²) >= 11 is 0. The fourth-order valence-electron chi connectivity index (χ4n) is 4.86. The van der Waals surface area contributed by atoms with Crippen LogP contribution in [0.15, 0.2) is 70.8 Å². The van der Waals surface area contributed by atoms with Crippen molar-refractivity contribution >= 4 is 16.9 Å². The normalized spacial score (nSPS) is 16.3. The summed E-state index contributed by atoms with van der Waals surface area (Å²) in [5, 5.41) is 3.01. The Hall–Kier alpha value is -3.45. The lowest BCUT2D eigenvalue weighted by molar-refractivity contribution is 0.0949. The number of carbonyl (C=O) groups excluding carboxylic acids is 1. The highest BCUT2D eigenvalue weighted by Crippen LogP contribution is 2.16. The van der Waals surface area contributed by atoms with Crippen molar-refractivity contribution in [3.8, 4) is 0 Å². The fraction of sp³-hybridized carbons (Fsp3) is 0.393. The second-order valence-corrected chi connectivity index (χ2v) is 9.27. The van der Waals surface area contributed by atoms with Crippen LogP contribution in [0.25, 0.3) is 11.0 Å². The van der Waals surface area contributed by atoms with Gasteiger partial charge in [0.25, 0.3) is 5.91 Å². The molecule has 0 aliphatic carbocycles. The summed E-state index contributed by atoms with van der Waals surface area (Å²) in [7, 11) is 0. The molecule has 2 heterocycles. The molecule has 0 radical (unpaired) electrons. The van der Waals surface area contributed by atoms with Crippen LogP contribution >= 0.6 is 0 Å². The van der Waals surface area contributed by atoms with Crippen LogP contribution in [0.1, 0.15) is 48.5 Å². The van der Waals surface area contributed by atoms with Crippen LogP contribution in [-0.2, 0) is 13.1 Å². The Bertz CT molecular complexity index is 1310. The van der Waals surface area contributed by atoms with Gasteiger partial charge in [0.15, 0.2) is 0 Å². The molecule has 4 rings (SSSR count). The Morgan fingerprint density at radius 1 is 1.03 bits per heavy atom. The van der Waals surface area contributed by atoms with Crippen molar-refractivity contribution in [1.82, 2.24) is 19.4 Å². The summed E-state index contributed by atoms with van der Waals surface area (Å²) in [5.74, 6) is -0.0992. The average Bonchev–Trinajstić information content (AvgIpc) is 2.88. The van der Waals surface area contributed by atoms with Gasteiger partial charge in [-0.1, -0.05) is 36.8 Å². The van der Waals surface area contributed by atoms with E-state index < -0.39 is 11.1 Å². The van der Waals surface area contributed by atoms with Crippen LogP contribution < -0.4 is 16.4 Å². The van der Waals surface area contributed by atoms with Crippen LogP contribution in [0.5, 0.6) is 0 Å². The van der Waals surface area contributed by atoms with Gasteiger partial charge in [-0.15, -0.1) is 6.58 Å². The smallest absolute Gasteiger partial charge is 0.317 e. The molecule has 7 heteroatoms. The molecule has 1 N–H and O–H groups in total. The molecular formula is C28H34N4O3. The van der Waals surface area contributed by atoms with E-state index in [4.69, 9.17) is 0 Å². The number of para-hydroxylation sites is 2. The van der Waals surface area contributed by atoms with Crippen LogP contribution in [0.2, 0.25) is 0 Å². The zero-order valence-electron chi connectivity index (χ0n) is 20.4. The number of hydrogen-bond acceptors (Lipinski definition) is 4. The number of fused-ring (bicyclic) bond motifs is 1. The van der Waals surface area contributed by atoms with E-state index >= 15 is 0 Å². The van der Waals surface area contributed by atoms with Gasteiger partial charge in [-0.3, -0.25) is 23.5 Å². The summed E-state index contributed by atoms with van der Waals surface area (Å²) in [6.07, 6.45) is 6.37. The zero-order chi connectivity index (χ0) is 24.8. The van der Waals surface area contributed by atoms with Crippen LogP contribution in [0, 0.1) is 0 Å². The highest BCUT2D eigenvalue weighted by Gasteiger charge is 2.17. The molecule has 0 bridgehead atoms. The maximum atomic E-state index is 12.9. The van der Waals surface area contributed by atoms with E-state index in [9.17, 15) is 14.4 Å². The van der Waals surface area contributed by atoms with Gasteiger partial charge in [0.2, 0.25) is 0 Å². The molecule has 0 spiro atoms. The molecule has 184 valence electrons. The molecule has 7 nitrogen and oxygen atoms in total. The first-order chi connectivity index (χ1) is 17.0. The molecule has 1 aromatic heterocycles. The lowest BCUT2D eigenvalue weighted by Gasteiger charge is -2.33. The van der Waals surface area contributed by atoms with E-state index in [0.717, 1.165) is 25.1 Å². The van der Waals surface area contributed by atoms with E-state index in [1.807, 2.05) is 36.4 Å². The summed E-state index contributed by atoms with van der Waals surface area (Å²) in [5.41, 5.74) is 1.65. The zero-order valence-corrected chi connectivity index (χ0v) is 20.4. The first-order valence-corrected chi connectivity index (χ1v) is 12.4. The predicted molar refractivity (Wildman–Crippen MR) is 140 cm³/mol. The number of carbonyl (C=O) groups is 1. The molecule has 0 saturated carbocycles. The number of benzene rings is 2. The van der Waals surface area contributed by atoms with Gasteiger partial charge >= 0.3 is 11.1 Å². The number of rotatable bonds is 9. The maximum absolute atomic E-state index is 12.9. The van der Waals surface area contributed by atoms with Gasteiger partial charge < -0.3 is 10.2 Å². The highest BCUT2D eigenvalue weighted by molar-refractivity contribution is 5.94. The lowest BCUT2D eigenvalue weighted by Crippen LogP contribution is -2.41. The van der Waals surface area contributed by atoms with Crippen LogP contribution in [0.3, 0.4) is 0 Å². The molecule has 2 aromatic carbocycles. The SMILES string of the molecule is C=CCn1c(=O)c(=O)n(Cc2ccc(C(=O)NCCCN3CCCC[C@H]3C)cc2)c2ccccc21. The summed E-state index contributed by atoms with van der Waals surface area (Å²) < 4.78 is 2.94. The van der Waals surface area contributed by atoms with Crippen molar-refractivity contribution in [3.05, 3.63) is 93.0 Å². The summed E-state index contributed by atoms with van der Waals surface area (Å²) in [4.78, 5) is 40.6. The third kappa shape index (κ3) is 5.62. The van der Waals surface area contributed by atoms with Gasteiger partial charge in [0.1, 0.15) is 0 Å². The molecule has 1 fully saturated rings. The minimum Gasteiger partial charge on any atom is -0.352 e. The first-order valence-electron chi connectivity index (χ1n) is 12.4. The Balaban J connectivity index is 1.41. The number of hydrogen-bond donors (Lipinski definition) is 1. The monoisotopic (exact) mass is 474 g/mol. The molecule has 35 heavy (non-hydrogen) atoms. The second-order valence-electron chi connectivity index (χ2n) is 9.27. The predicted octanol–water partition coefficient (Wildman–Crippen LogP) is 3.39. The Morgan fingerprint density at radius 2 is 1.71 bits per heavy atom. The molecular weight excluding hydrogens is 440 g/mol. The van der Waals surface area contributed by atoms with E-state index in [1.54, 1.807) is 18.2 Å². The van der Waals surface area contributed by atoms with E-state index in [0.29, 0.717) is 29.2 Å². The van der Waals surface area contributed by atoms with Crippen molar-refractivity contribution in [2.45, 2.75) is 51.7 Å². The number of piperidine rings is 1. The Morgan fingerprint density at radius 3 is 2.40 bits per heavy atom. The third-order valence-electron chi connectivity index (χ3n) is 6.85. The standard InChI is InChI=1S/C28H34N4O3/c1-3-17-31-24-10-4-5-11-25(24)32(28(35)27(31)34)20-22-12-14-23(15-13-22)26(33)29-16-8-19-30-18-7-6-9-21(30)2/h3-5,10-15,21H,1,6-9,16-20H2,2H3,(H,29,33)/t21-/m1/s1. The van der Waals surface area contributed by atoms with Crippen LogP contribution in [0.4, 0.5) is 0 Å². The van der Waals surface area contributed by atoms with Gasteiger partial charge in [-0.25, -0.2) is 0 Å². The number of nitrogens with one attached hydrogen (secondary N) is 1. The number of allylic oxidation sites excluding steroid dienone is 1. The minimum absolute atomic E-state index is 0.0992. The molecule has 1 saturated heterocycles. The maximum Gasteiger partial charge on any atom is 0.317 e. The molecule has 1 amide bonds. The van der Waals surface area contributed by atoms with Crippen LogP contribution in [-0.4, -0.2) is 45.6 Å². The molecule has 3 aromatic rings. The molecule has 1 aliphatic heterocycles. The molecule has 0 unspecified atom stereocenters. The van der Waals surface area contributed by atoms with Crippen molar-refractivity contribution in [1.29, 1.82) is 0 Å². The number of amides is 1. The average molecular weight is 475 g/mol. The first kappa shape index (κ1) is 24.7. The summed E-state index contributed by atoms with van der Waals surface area (Å²) in [6, 6.07) is 15.2. The van der Waals surface area contributed by atoms with Gasteiger partial charge in [-0.05, 0) is 62.6 Å². The quantitative estimate of drug-likeness (QED) is 0.293. The van der Waals surface area contributed by atoms with Gasteiger partial charge in [-0.2, -0.15) is 0 Å². The van der Waals surface area contributed by atoms with Gasteiger partial charge in [0.05, 0.1) is 17.6 Å². The van der Waals surface area contributed by atoms with Crippen molar-refractivity contribution in [2.75, 3.05) is 19.6 Å². The Kier molecular flexibility index (Phi) is 7.98. The Labute approximate surface area is 205 Å². The fourth-order valence-corrected chi connectivity index (χ4v) is 4.86. The van der Waals surface area contributed by atoms with E-state index in [2.05, 4.69) is 23.7 Å². The molecule has 1 atom stereocenters. The van der Waals surface area contributed by atoms with Gasteiger partial charge in [0, 0.05) is 31.2 Å². The number of nitrogens with zero attached hydrogens (tertiary/aromatic N) is 3. The molecule has 1 aliphatic rings. The lowest BCUT2D eigenvalue weighted by atomic mass is 10.0. The second kappa shape index (κ2) is 11.3. The van der Waals surface area contributed by atoms with Crippen molar-refractivity contribution in [2.24, 2.45) is 0 Å². The minimum atomic E-state index is -0.574. The van der Waals surface area contributed by atoms with E-state index in [1.165, 1.54) is 28.4 Å². The highest BCUT2D eigenvalue weighted by atomic mass is 16.2. The topological polar surface area (TPSA) is 76.3 Å². The number of likely N-dealkylation sites (tertiary alicyclic amines) is 1.